The molecule has 0 radical (unpaired) electrons. The summed E-state index contributed by atoms with van der Waals surface area (Å²) < 4.78 is 5.51. The fraction of sp³-hybridized carbons (Fsp3) is 0.375. The van der Waals surface area contributed by atoms with Gasteiger partial charge in [0.2, 0.25) is 5.89 Å². The standard InChI is InChI=1S/C16H22N4O.HI/c1-16(2,3)20-15(17-4)18-10-13-11-21-14(19-13)12-8-6-5-7-9-12;/h5-9,11H,10H2,1-4H3,(H2,17,18,20);1H. The van der Waals surface area contributed by atoms with Crippen molar-refractivity contribution >= 4 is 29.9 Å². The van der Waals surface area contributed by atoms with E-state index < -0.39 is 0 Å². The maximum Gasteiger partial charge on any atom is 0.226 e. The highest BCUT2D eigenvalue weighted by Gasteiger charge is 2.12. The van der Waals surface area contributed by atoms with Gasteiger partial charge in [0.15, 0.2) is 5.96 Å². The van der Waals surface area contributed by atoms with E-state index in [-0.39, 0.29) is 29.5 Å². The molecular weight excluding hydrogens is 391 g/mol. The summed E-state index contributed by atoms with van der Waals surface area (Å²) in [4.78, 5) is 8.66. The number of guanidine groups is 1. The maximum absolute atomic E-state index is 5.51. The lowest BCUT2D eigenvalue weighted by atomic mass is 10.1. The summed E-state index contributed by atoms with van der Waals surface area (Å²) in [5.74, 6) is 1.37. The molecule has 0 aliphatic carbocycles. The van der Waals surface area contributed by atoms with Crippen LogP contribution in [-0.4, -0.2) is 23.5 Å². The lowest BCUT2D eigenvalue weighted by molar-refractivity contribution is 0.501. The molecule has 0 spiro atoms. The molecule has 1 aromatic carbocycles. The summed E-state index contributed by atoms with van der Waals surface area (Å²) in [6, 6.07) is 9.85. The maximum atomic E-state index is 5.51. The van der Waals surface area contributed by atoms with Crippen LogP contribution in [0.1, 0.15) is 26.5 Å². The third-order valence-corrected chi connectivity index (χ3v) is 2.73. The zero-order chi connectivity index (χ0) is 15.3. The van der Waals surface area contributed by atoms with Crippen LogP contribution >= 0.6 is 24.0 Å². The number of aliphatic imine (C=N–C) groups is 1. The Morgan fingerprint density at radius 2 is 1.91 bits per heavy atom. The van der Waals surface area contributed by atoms with Gasteiger partial charge in [0.05, 0.1) is 12.2 Å². The van der Waals surface area contributed by atoms with Gasteiger partial charge in [-0.3, -0.25) is 4.99 Å². The van der Waals surface area contributed by atoms with E-state index in [4.69, 9.17) is 4.42 Å². The Morgan fingerprint density at radius 1 is 1.23 bits per heavy atom. The van der Waals surface area contributed by atoms with E-state index in [1.165, 1.54) is 0 Å². The van der Waals surface area contributed by atoms with Crippen molar-refractivity contribution < 1.29 is 4.42 Å². The molecule has 120 valence electrons. The summed E-state index contributed by atoms with van der Waals surface area (Å²) >= 11 is 0. The average molecular weight is 414 g/mol. The number of oxazole rings is 1. The van der Waals surface area contributed by atoms with Crippen LogP contribution < -0.4 is 10.6 Å². The van der Waals surface area contributed by atoms with Gasteiger partial charge in [-0.25, -0.2) is 4.98 Å². The van der Waals surface area contributed by atoms with Crippen molar-refractivity contribution in [2.24, 2.45) is 4.99 Å². The number of halogens is 1. The monoisotopic (exact) mass is 414 g/mol. The Balaban J connectivity index is 0.00000242. The average Bonchev–Trinajstić information content (AvgIpc) is 2.92. The van der Waals surface area contributed by atoms with Gasteiger partial charge in [-0.1, -0.05) is 18.2 Å². The van der Waals surface area contributed by atoms with Crippen molar-refractivity contribution in [1.82, 2.24) is 15.6 Å². The van der Waals surface area contributed by atoms with Crippen LogP contribution in [-0.2, 0) is 6.54 Å². The highest BCUT2D eigenvalue weighted by molar-refractivity contribution is 14.0. The van der Waals surface area contributed by atoms with Gasteiger partial charge < -0.3 is 15.1 Å². The molecule has 0 atom stereocenters. The highest BCUT2D eigenvalue weighted by atomic mass is 127. The van der Waals surface area contributed by atoms with Crippen LogP contribution in [0.5, 0.6) is 0 Å². The first-order valence-electron chi connectivity index (χ1n) is 6.96. The van der Waals surface area contributed by atoms with E-state index in [2.05, 4.69) is 41.4 Å². The van der Waals surface area contributed by atoms with E-state index in [0.29, 0.717) is 12.4 Å². The fourth-order valence-corrected chi connectivity index (χ4v) is 1.81. The van der Waals surface area contributed by atoms with E-state index in [9.17, 15) is 0 Å². The number of nitrogens with one attached hydrogen (secondary N) is 2. The third-order valence-electron chi connectivity index (χ3n) is 2.73. The second-order valence-electron chi connectivity index (χ2n) is 5.81. The van der Waals surface area contributed by atoms with E-state index in [1.807, 2.05) is 30.3 Å². The molecule has 2 N–H and O–H groups in total. The molecule has 5 nitrogen and oxygen atoms in total. The molecule has 0 amide bonds. The zero-order valence-electron chi connectivity index (χ0n) is 13.4. The van der Waals surface area contributed by atoms with Gasteiger partial charge in [0.1, 0.15) is 6.26 Å². The van der Waals surface area contributed by atoms with Crippen molar-refractivity contribution in [1.29, 1.82) is 0 Å². The van der Waals surface area contributed by atoms with Crippen LogP contribution in [0.3, 0.4) is 0 Å². The van der Waals surface area contributed by atoms with Crippen LogP contribution in [0.4, 0.5) is 0 Å². The Morgan fingerprint density at radius 3 is 2.50 bits per heavy atom. The molecule has 6 heteroatoms. The molecule has 0 fully saturated rings. The third kappa shape index (κ3) is 5.67. The van der Waals surface area contributed by atoms with Crippen LogP contribution in [0.25, 0.3) is 11.5 Å². The smallest absolute Gasteiger partial charge is 0.226 e. The van der Waals surface area contributed by atoms with Crippen molar-refractivity contribution in [3.63, 3.8) is 0 Å². The van der Waals surface area contributed by atoms with Gasteiger partial charge in [0.25, 0.3) is 0 Å². The molecule has 22 heavy (non-hydrogen) atoms. The number of benzene rings is 1. The molecule has 0 aliphatic heterocycles. The fourth-order valence-electron chi connectivity index (χ4n) is 1.81. The molecule has 2 aromatic rings. The number of nitrogens with zero attached hydrogens (tertiary/aromatic N) is 2. The van der Waals surface area contributed by atoms with Gasteiger partial charge in [-0.2, -0.15) is 0 Å². The molecule has 0 saturated carbocycles. The minimum Gasteiger partial charge on any atom is -0.444 e. The number of aromatic nitrogens is 1. The van der Waals surface area contributed by atoms with Gasteiger partial charge in [0, 0.05) is 18.2 Å². The first-order valence-corrected chi connectivity index (χ1v) is 6.96. The summed E-state index contributed by atoms with van der Waals surface area (Å²) in [5.41, 5.74) is 1.77. The predicted octanol–water partition coefficient (Wildman–Crippen LogP) is 3.42. The number of hydrogen-bond acceptors (Lipinski definition) is 3. The summed E-state index contributed by atoms with van der Waals surface area (Å²) in [5, 5.41) is 6.52. The lowest BCUT2D eigenvalue weighted by Gasteiger charge is -2.23. The quantitative estimate of drug-likeness (QED) is 0.459. The first-order chi connectivity index (χ1) is 9.98. The predicted molar refractivity (Wildman–Crippen MR) is 100 cm³/mol. The summed E-state index contributed by atoms with van der Waals surface area (Å²) in [6.45, 7) is 6.82. The van der Waals surface area contributed by atoms with E-state index in [1.54, 1.807) is 13.3 Å². The van der Waals surface area contributed by atoms with Crippen molar-refractivity contribution in [2.75, 3.05) is 7.05 Å². The first kappa shape index (κ1) is 18.5. The Bertz CT molecular complexity index is 602. The minimum atomic E-state index is -0.0408. The number of rotatable bonds is 3. The Hall–Kier alpha value is -1.57. The van der Waals surface area contributed by atoms with Crippen molar-refractivity contribution in [3.8, 4) is 11.5 Å². The lowest BCUT2D eigenvalue weighted by Crippen LogP contribution is -2.47. The molecule has 1 aromatic heterocycles. The van der Waals surface area contributed by atoms with Crippen molar-refractivity contribution in [3.05, 3.63) is 42.3 Å². The van der Waals surface area contributed by atoms with E-state index >= 15 is 0 Å². The topological polar surface area (TPSA) is 62.5 Å². The molecule has 0 aliphatic rings. The van der Waals surface area contributed by atoms with Crippen LogP contribution in [0, 0.1) is 0 Å². The minimum absolute atomic E-state index is 0. The second-order valence-corrected chi connectivity index (χ2v) is 5.81. The van der Waals surface area contributed by atoms with Crippen molar-refractivity contribution in [2.45, 2.75) is 32.9 Å². The van der Waals surface area contributed by atoms with Gasteiger partial charge in [-0.05, 0) is 32.9 Å². The van der Waals surface area contributed by atoms with Gasteiger partial charge >= 0.3 is 0 Å². The molecule has 0 saturated heterocycles. The van der Waals surface area contributed by atoms with Crippen LogP contribution in [0.2, 0.25) is 0 Å². The van der Waals surface area contributed by atoms with Crippen LogP contribution in [0.15, 0.2) is 46.0 Å². The molecule has 0 bridgehead atoms. The Labute approximate surface area is 148 Å². The zero-order valence-corrected chi connectivity index (χ0v) is 15.7. The molecule has 1 heterocycles. The summed E-state index contributed by atoms with van der Waals surface area (Å²) in [6.07, 6.45) is 1.67. The normalized spacial score (nSPS) is 11.7. The largest absolute Gasteiger partial charge is 0.444 e. The highest BCUT2D eigenvalue weighted by Crippen LogP contribution is 2.17. The number of hydrogen-bond donors (Lipinski definition) is 2. The molecule has 0 unspecified atom stereocenters. The molecule has 2 rings (SSSR count). The second kappa shape index (κ2) is 8.17. The summed E-state index contributed by atoms with van der Waals surface area (Å²) in [7, 11) is 1.75. The van der Waals surface area contributed by atoms with Gasteiger partial charge in [-0.15, -0.1) is 24.0 Å². The van der Waals surface area contributed by atoms with E-state index in [0.717, 1.165) is 17.2 Å². The SMILES string of the molecule is CN=C(NCc1coc(-c2ccccc2)n1)NC(C)(C)C.I. The Kier molecular flexibility index (Phi) is 6.86. The molecular formula is C16H23IN4O.